The van der Waals surface area contributed by atoms with Gasteiger partial charge in [0.05, 0.1) is 17.0 Å². The largest absolute Gasteiger partial charge is 0.450 e. The van der Waals surface area contributed by atoms with Crippen LogP contribution in [0.5, 0.6) is 0 Å². The van der Waals surface area contributed by atoms with Crippen molar-refractivity contribution in [3.63, 3.8) is 0 Å². The molecule has 30 heavy (non-hydrogen) atoms. The molecule has 1 atom stereocenters. The zero-order chi connectivity index (χ0) is 21.0. The van der Waals surface area contributed by atoms with E-state index < -0.39 is 23.2 Å². The van der Waals surface area contributed by atoms with Crippen LogP contribution in [0.25, 0.3) is 11.0 Å². The zero-order valence-corrected chi connectivity index (χ0v) is 18.4. The minimum Gasteiger partial charge on any atom is -0.450 e. The smallest absolute Gasteiger partial charge is 0.295 e. The summed E-state index contributed by atoms with van der Waals surface area (Å²) in [5, 5.41) is 0.111. The van der Waals surface area contributed by atoms with Gasteiger partial charge < -0.3 is 4.42 Å². The highest BCUT2D eigenvalue weighted by Gasteiger charge is 2.43. The minimum absolute atomic E-state index is 0.0213. The third-order valence-corrected chi connectivity index (χ3v) is 6.13. The van der Waals surface area contributed by atoms with Gasteiger partial charge in [-0.05, 0) is 54.1 Å². The third-order valence-electron chi connectivity index (χ3n) is 5.10. The van der Waals surface area contributed by atoms with Crippen molar-refractivity contribution in [2.45, 2.75) is 6.04 Å². The van der Waals surface area contributed by atoms with Crippen molar-refractivity contribution < 1.29 is 13.6 Å². The molecule has 0 saturated heterocycles. The van der Waals surface area contributed by atoms with E-state index in [1.165, 1.54) is 12.1 Å². The van der Waals surface area contributed by atoms with Crippen LogP contribution in [-0.4, -0.2) is 5.91 Å². The molecule has 0 bridgehead atoms. The number of fused-ring (bicyclic) bond motifs is 2. The van der Waals surface area contributed by atoms with E-state index in [0.717, 1.165) is 20.6 Å². The maximum atomic E-state index is 13.8. The molecule has 148 valence electrons. The van der Waals surface area contributed by atoms with E-state index in [2.05, 4.69) is 31.9 Å². The van der Waals surface area contributed by atoms with E-state index in [-0.39, 0.29) is 22.3 Å². The van der Waals surface area contributed by atoms with Crippen LogP contribution < -0.4 is 10.3 Å². The summed E-state index contributed by atoms with van der Waals surface area (Å²) in [6, 6.07) is 17.7. The van der Waals surface area contributed by atoms with Crippen LogP contribution in [0.15, 0.2) is 84.9 Å². The zero-order valence-electron chi connectivity index (χ0n) is 15.2. The average molecular weight is 529 g/mol. The first-order valence-electron chi connectivity index (χ1n) is 9.05. The molecule has 3 aromatic carbocycles. The number of anilines is 1. The van der Waals surface area contributed by atoms with Gasteiger partial charge in [0, 0.05) is 14.6 Å². The molecule has 5 rings (SSSR count). The first-order valence-corrected chi connectivity index (χ1v) is 10.6. The second-order valence-electron chi connectivity index (χ2n) is 6.92. The highest BCUT2D eigenvalue weighted by Crippen LogP contribution is 2.41. The Morgan fingerprint density at radius 3 is 2.40 bits per heavy atom. The summed E-state index contributed by atoms with van der Waals surface area (Å²) in [6.45, 7) is 0. The molecule has 1 aliphatic rings. The van der Waals surface area contributed by atoms with E-state index >= 15 is 0 Å². The lowest BCUT2D eigenvalue weighted by Gasteiger charge is -2.25. The summed E-state index contributed by atoms with van der Waals surface area (Å²) < 4.78 is 21.3. The van der Waals surface area contributed by atoms with E-state index in [1.54, 1.807) is 17.0 Å². The Bertz CT molecular complexity index is 1380. The van der Waals surface area contributed by atoms with Crippen molar-refractivity contribution in [3.05, 3.63) is 109 Å². The Hall–Kier alpha value is -2.77. The van der Waals surface area contributed by atoms with Gasteiger partial charge in [-0.1, -0.05) is 50.1 Å². The van der Waals surface area contributed by atoms with Crippen LogP contribution in [0.1, 0.15) is 27.7 Å². The van der Waals surface area contributed by atoms with Crippen LogP contribution in [0, 0.1) is 5.82 Å². The fraction of sp³-hybridized carbons (Fsp3) is 0.0435. The molecule has 4 aromatic rings. The van der Waals surface area contributed by atoms with Gasteiger partial charge in [0.15, 0.2) is 5.43 Å². The molecule has 0 aliphatic carbocycles. The van der Waals surface area contributed by atoms with E-state index in [9.17, 15) is 14.0 Å². The monoisotopic (exact) mass is 527 g/mol. The number of carbonyl (C=O) groups is 1. The number of benzene rings is 3. The van der Waals surface area contributed by atoms with Crippen molar-refractivity contribution in [3.8, 4) is 0 Å². The summed E-state index contributed by atoms with van der Waals surface area (Å²) in [5.41, 5.74) is 1.33. The molecule has 0 saturated carbocycles. The summed E-state index contributed by atoms with van der Waals surface area (Å²) in [6.07, 6.45) is 0. The summed E-state index contributed by atoms with van der Waals surface area (Å²) in [7, 11) is 0. The van der Waals surface area contributed by atoms with Crippen LogP contribution in [-0.2, 0) is 0 Å². The lowest BCUT2D eigenvalue weighted by atomic mass is 9.98. The van der Waals surface area contributed by atoms with Crippen molar-refractivity contribution in [1.82, 2.24) is 0 Å². The molecule has 0 radical (unpaired) electrons. The molecule has 1 aliphatic heterocycles. The van der Waals surface area contributed by atoms with Crippen LogP contribution in [0.3, 0.4) is 0 Å². The average Bonchev–Trinajstić information content (AvgIpc) is 3.02. The first kappa shape index (κ1) is 19.2. The molecule has 0 fully saturated rings. The van der Waals surface area contributed by atoms with Gasteiger partial charge in [0.25, 0.3) is 5.91 Å². The quantitative estimate of drug-likeness (QED) is 0.311. The van der Waals surface area contributed by atoms with E-state index in [4.69, 9.17) is 4.42 Å². The minimum atomic E-state index is -0.696. The second kappa shape index (κ2) is 7.18. The number of halogens is 3. The van der Waals surface area contributed by atoms with Gasteiger partial charge >= 0.3 is 0 Å². The SMILES string of the molecule is O=C1c2oc3ccc(F)cc3c(=O)c2C(c2ccc(Br)cc2)N1c1cccc(Br)c1. The van der Waals surface area contributed by atoms with Gasteiger partial charge in [-0.25, -0.2) is 4.39 Å². The van der Waals surface area contributed by atoms with Crippen LogP contribution >= 0.6 is 31.9 Å². The van der Waals surface area contributed by atoms with Gasteiger partial charge in [-0.15, -0.1) is 0 Å². The molecular weight excluding hydrogens is 517 g/mol. The topological polar surface area (TPSA) is 50.5 Å². The standard InChI is InChI=1S/C23H12Br2FNO3/c24-13-6-4-12(5-7-13)20-19-21(28)17-11-15(26)8-9-18(17)30-22(19)23(29)27(20)16-3-1-2-14(25)10-16/h1-11,20H. The molecular formula is C23H12Br2FNO3. The molecule has 4 nitrogen and oxygen atoms in total. The summed E-state index contributed by atoms with van der Waals surface area (Å²) in [4.78, 5) is 28.3. The fourth-order valence-corrected chi connectivity index (χ4v) is 4.45. The predicted octanol–water partition coefficient (Wildman–Crippen LogP) is 6.21. The molecule has 7 heteroatoms. The lowest BCUT2D eigenvalue weighted by molar-refractivity contribution is 0.0971. The van der Waals surface area contributed by atoms with Crippen LogP contribution in [0.4, 0.5) is 10.1 Å². The number of amides is 1. The van der Waals surface area contributed by atoms with Crippen molar-refractivity contribution in [2.75, 3.05) is 4.90 Å². The van der Waals surface area contributed by atoms with Gasteiger partial charge in [-0.3, -0.25) is 14.5 Å². The lowest BCUT2D eigenvalue weighted by Crippen LogP contribution is -2.29. The Labute approximate surface area is 187 Å². The predicted molar refractivity (Wildman–Crippen MR) is 119 cm³/mol. The van der Waals surface area contributed by atoms with Crippen LogP contribution in [0.2, 0.25) is 0 Å². The Morgan fingerprint density at radius 2 is 1.67 bits per heavy atom. The number of hydrogen-bond donors (Lipinski definition) is 0. The maximum absolute atomic E-state index is 13.8. The Balaban J connectivity index is 1.83. The summed E-state index contributed by atoms with van der Waals surface area (Å²) >= 11 is 6.85. The first-order chi connectivity index (χ1) is 14.4. The summed E-state index contributed by atoms with van der Waals surface area (Å²) in [5.74, 6) is -0.977. The number of hydrogen-bond acceptors (Lipinski definition) is 3. The highest BCUT2D eigenvalue weighted by atomic mass is 79.9. The molecule has 2 heterocycles. The molecule has 1 aromatic heterocycles. The fourth-order valence-electron chi connectivity index (χ4n) is 3.80. The van der Waals surface area contributed by atoms with Gasteiger partial charge in [-0.2, -0.15) is 0 Å². The molecule has 1 unspecified atom stereocenters. The van der Waals surface area contributed by atoms with E-state index in [1.807, 2.05) is 36.4 Å². The van der Waals surface area contributed by atoms with E-state index in [0.29, 0.717) is 5.69 Å². The number of carbonyl (C=O) groups excluding carboxylic acids is 1. The second-order valence-corrected chi connectivity index (χ2v) is 8.75. The van der Waals surface area contributed by atoms with Gasteiger partial charge in [0.1, 0.15) is 11.4 Å². The Morgan fingerprint density at radius 1 is 0.900 bits per heavy atom. The maximum Gasteiger partial charge on any atom is 0.295 e. The van der Waals surface area contributed by atoms with Crippen molar-refractivity contribution >= 4 is 54.4 Å². The normalized spacial score (nSPS) is 15.6. The third kappa shape index (κ3) is 3.00. The molecule has 1 amide bonds. The van der Waals surface area contributed by atoms with Crippen molar-refractivity contribution in [2.24, 2.45) is 0 Å². The Kier molecular flexibility index (Phi) is 4.60. The van der Waals surface area contributed by atoms with Gasteiger partial charge in [0.2, 0.25) is 5.76 Å². The van der Waals surface area contributed by atoms with Crippen molar-refractivity contribution in [1.29, 1.82) is 0 Å². The number of rotatable bonds is 2. The highest BCUT2D eigenvalue weighted by molar-refractivity contribution is 9.10. The molecule has 0 spiro atoms. The number of nitrogens with zero attached hydrogens (tertiary/aromatic N) is 1. The molecule has 0 N–H and O–H groups in total.